The molecule has 88 valence electrons. The summed E-state index contributed by atoms with van der Waals surface area (Å²) in [4.78, 5) is 0. The van der Waals surface area contributed by atoms with Gasteiger partial charge in [-0.05, 0) is 30.0 Å². The van der Waals surface area contributed by atoms with E-state index in [0.29, 0.717) is 19.1 Å². The Kier molecular flexibility index (Phi) is 3.70. The third kappa shape index (κ3) is 2.49. The highest BCUT2D eigenvalue weighted by atomic mass is 16.6. The van der Waals surface area contributed by atoms with E-state index in [1.165, 1.54) is 24.8 Å². The van der Waals surface area contributed by atoms with Gasteiger partial charge in [-0.3, -0.25) is 0 Å². The first-order valence-electron chi connectivity index (χ1n) is 6.21. The Morgan fingerprint density at radius 3 is 2.69 bits per heavy atom. The smallest absolute Gasteiger partial charge is 0.161 e. The van der Waals surface area contributed by atoms with E-state index in [9.17, 15) is 0 Å². The lowest BCUT2D eigenvalue weighted by molar-refractivity contribution is 0.171. The summed E-state index contributed by atoms with van der Waals surface area (Å²) in [6.07, 6.45) is 3.79. The van der Waals surface area contributed by atoms with E-state index in [-0.39, 0.29) is 0 Å². The van der Waals surface area contributed by atoms with Gasteiger partial charge in [-0.15, -0.1) is 0 Å². The molecule has 1 aliphatic rings. The zero-order valence-corrected chi connectivity index (χ0v) is 10.2. The van der Waals surface area contributed by atoms with Crippen LogP contribution in [0.5, 0.6) is 11.5 Å². The van der Waals surface area contributed by atoms with Gasteiger partial charge in [-0.25, -0.2) is 0 Å². The average molecular weight is 220 g/mol. The Morgan fingerprint density at radius 2 is 1.94 bits per heavy atom. The fraction of sp³-hybridized carbons (Fsp3) is 0.571. The molecule has 0 saturated heterocycles. The van der Waals surface area contributed by atoms with E-state index in [1.807, 2.05) is 6.07 Å². The summed E-state index contributed by atoms with van der Waals surface area (Å²) in [5.74, 6) is 2.40. The molecule has 0 amide bonds. The predicted molar refractivity (Wildman–Crippen MR) is 65.4 cm³/mol. The normalized spacial score (nSPS) is 15.9. The third-order valence-electron chi connectivity index (χ3n) is 3.13. The summed E-state index contributed by atoms with van der Waals surface area (Å²) < 4.78 is 11.1. The van der Waals surface area contributed by atoms with Crippen LogP contribution in [0.3, 0.4) is 0 Å². The Hall–Kier alpha value is -1.18. The van der Waals surface area contributed by atoms with E-state index in [4.69, 9.17) is 9.47 Å². The van der Waals surface area contributed by atoms with Crippen LogP contribution in [0, 0.1) is 0 Å². The number of rotatable bonds is 4. The van der Waals surface area contributed by atoms with E-state index in [0.717, 1.165) is 11.5 Å². The molecule has 0 spiro atoms. The van der Waals surface area contributed by atoms with Crippen LogP contribution in [0.15, 0.2) is 18.2 Å². The third-order valence-corrected chi connectivity index (χ3v) is 3.13. The second kappa shape index (κ2) is 5.24. The number of unbranched alkanes of at least 4 members (excludes halogenated alkanes) is 1. The maximum atomic E-state index is 5.59. The summed E-state index contributed by atoms with van der Waals surface area (Å²) >= 11 is 0. The van der Waals surface area contributed by atoms with Gasteiger partial charge in [0, 0.05) is 0 Å². The van der Waals surface area contributed by atoms with Crippen LogP contribution in [0.25, 0.3) is 0 Å². The first-order valence-corrected chi connectivity index (χ1v) is 6.21. The molecule has 0 aromatic heterocycles. The first-order chi connectivity index (χ1) is 7.81. The number of benzene rings is 1. The van der Waals surface area contributed by atoms with Crippen molar-refractivity contribution in [1.82, 2.24) is 0 Å². The van der Waals surface area contributed by atoms with Crippen LogP contribution in [-0.4, -0.2) is 13.2 Å². The largest absolute Gasteiger partial charge is 0.486 e. The van der Waals surface area contributed by atoms with Crippen LogP contribution < -0.4 is 9.47 Å². The molecule has 0 fully saturated rings. The molecule has 2 heteroatoms. The highest BCUT2D eigenvalue weighted by Crippen LogP contribution is 2.34. The number of ether oxygens (including phenoxy) is 2. The molecule has 1 aliphatic heterocycles. The summed E-state index contributed by atoms with van der Waals surface area (Å²) in [6.45, 7) is 5.84. The Bertz CT molecular complexity index is 347. The highest BCUT2D eigenvalue weighted by Gasteiger charge is 2.13. The second-order valence-corrected chi connectivity index (χ2v) is 4.45. The number of hydrogen-bond donors (Lipinski definition) is 0. The second-order valence-electron chi connectivity index (χ2n) is 4.45. The first kappa shape index (κ1) is 11.3. The van der Waals surface area contributed by atoms with Crippen LogP contribution in [-0.2, 0) is 0 Å². The molecule has 0 N–H and O–H groups in total. The summed E-state index contributed by atoms with van der Waals surface area (Å²) in [6, 6.07) is 6.33. The van der Waals surface area contributed by atoms with Gasteiger partial charge >= 0.3 is 0 Å². The molecular formula is C14H20O2. The lowest BCUT2D eigenvalue weighted by Gasteiger charge is -2.20. The Balaban J connectivity index is 2.10. The monoisotopic (exact) mass is 220 g/mol. The lowest BCUT2D eigenvalue weighted by Crippen LogP contribution is -2.15. The molecule has 1 heterocycles. The standard InChI is InChI=1S/C14H20O2/c1-3-4-5-11(2)12-6-7-13-14(10-12)16-9-8-15-13/h6-7,10-11H,3-5,8-9H2,1-2H3. The number of hydrogen-bond acceptors (Lipinski definition) is 2. The van der Waals surface area contributed by atoms with E-state index in [2.05, 4.69) is 26.0 Å². The van der Waals surface area contributed by atoms with Crippen LogP contribution in [0.4, 0.5) is 0 Å². The van der Waals surface area contributed by atoms with Crippen molar-refractivity contribution in [3.63, 3.8) is 0 Å². The molecule has 16 heavy (non-hydrogen) atoms. The molecular weight excluding hydrogens is 200 g/mol. The SMILES string of the molecule is CCCCC(C)c1ccc2c(c1)OCCO2. The van der Waals surface area contributed by atoms with Crippen LogP contribution in [0.2, 0.25) is 0 Å². The lowest BCUT2D eigenvalue weighted by atomic mass is 9.95. The van der Waals surface area contributed by atoms with Crippen molar-refractivity contribution in [2.24, 2.45) is 0 Å². The van der Waals surface area contributed by atoms with Gasteiger partial charge in [0.25, 0.3) is 0 Å². The molecule has 0 radical (unpaired) electrons. The van der Waals surface area contributed by atoms with Gasteiger partial charge < -0.3 is 9.47 Å². The van der Waals surface area contributed by atoms with Crippen LogP contribution >= 0.6 is 0 Å². The van der Waals surface area contributed by atoms with Crippen LogP contribution in [0.1, 0.15) is 44.6 Å². The van der Waals surface area contributed by atoms with E-state index in [1.54, 1.807) is 0 Å². The van der Waals surface area contributed by atoms with Crippen molar-refractivity contribution in [3.05, 3.63) is 23.8 Å². The summed E-state index contributed by atoms with van der Waals surface area (Å²) in [5.41, 5.74) is 1.36. The predicted octanol–water partition coefficient (Wildman–Crippen LogP) is 3.75. The molecule has 2 rings (SSSR count). The summed E-state index contributed by atoms with van der Waals surface area (Å²) in [5, 5.41) is 0. The van der Waals surface area contributed by atoms with Crippen molar-refractivity contribution >= 4 is 0 Å². The molecule has 1 aromatic carbocycles. The van der Waals surface area contributed by atoms with Crippen molar-refractivity contribution in [1.29, 1.82) is 0 Å². The molecule has 1 unspecified atom stereocenters. The van der Waals surface area contributed by atoms with Crippen molar-refractivity contribution in [3.8, 4) is 11.5 Å². The summed E-state index contributed by atoms with van der Waals surface area (Å²) in [7, 11) is 0. The molecule has 1 atom stereocenters. The Morgan fingerprint density at radius 1 is 1.19 bits per heavy atom. The van der Waals surface area contributed by atoms with Crippen molar-refractivity contribution < 1.29 is 9.47 Å². The van der Waals surface area contributed by atoms with E-state index >= 15 is 0 Å². The zero-order valence-electron chi connectivity index (χ0n) is 10.2. The van der Waals surface area contributed by atoms with Gasteiger partial charge in [-0.2, -0.15) is 0 Å². The van der Waals surface area contributed by atoms with Gasteiger partial charge in [-0.1, -0.05) is 32.8 Å². The maximum Gasteiger partial charge on any atom is 0.161 e. The highest BCUT2D eigenvalue weighted by molar-refractivity contribution is 5.44. The number of fused-ring (bicyclic) bond motifs is 1. The van der Waals surface area contributed by atoms with Gasteiger partial charge in [0.1, 0.15) is 13.2 Å². The fourth-order valence-corrected chi connectivity index (χ4v) is 2.04. The van der Waals surface area contributed by atoms with E-state index < -0.39 is 0 Å². The minimum absolute atomic E-state index is 0.607. The quantitative estimate of drug-likeness (QED) is 0.769. The van der Waals surface area contributed by atoms with Gasteiger partial charge in [0.2, 0.25) is 0 Å². The molecule has 0 saturated carbocycles. The maximum absolute atomic E-state index is 5.59. The minimum atomic E-state index is 0.607. The van der Waals surface area contributed by atoms with Crippen molar-refractivity contribution in [2.45, 2.75) is 39.0 Å². The van der Waals surface area contributed by atoms with Gasteiger partial charge in [0.15, 0.2) is 11.5 Å². The van der Waals surface area contributed by atoms with Gasteiger partial charge in [0.05, 0.1) is 0 Å². The van der Waals surface area contributed by atoms with Crippen molar-refractivity contribution in [2.75, 3.05) is 13.2 Å². The molecule has 0 aliphatic carbocycles. The molecule has 0 bridgehead atoms. The average Bonchev–Trinajstić information content (AvgIpc) is 2.35. The molecule has 2 nitrogen and oxygen atoms in total. The fourth-order valence-electron chi connectivity index (χ4n) is 2.04. The molecule has 1 aromatic rings. The Labute approximate surface area is 97.6 Å². The minimum Gasteiger partial charge on any atom is -0.486 e. The topological polar surface area (TPSA) is 18.5 Å². The zero-order chi connectivity index (χ0) is 11.4.